The van der Waals surface area contributed by atoms with Gasteiger partial charge in [-0.15, -0.1) is 0 Å². The third-order valence-corrected chi connectivity index (χ3v) is 6.39. The third-order valence-electron chi connectivity index (χ3n) is 6.39. The van der Waals surface area contributed by atoms with Gasteiger partial charge in [0, 0.05) is 13.1 Å². The fourth-order valence-corrected chi connectivity index (χ4v) is 4.53. The molecule has 1 fully saturated rings. The molecule has 2 aliphatic heterocycles. The van der Waals surface area contributed by atoms with Crippen molar-refractivity contribution in [3.63, 3.8) is 0 Å². The second-order valence-electron chi connectivity index (χ2n) is 8.58. The molecule has 32 heavy (non-hydrogen) atoms. The largest absolute Gasteiger partial charge is 0.492 e. The highest BCUT2D eigenvalue weighted by atomic mass is 16.5. The summed E-state index contributed by atoms with van der Waals surface area (Å²) in [4.78, 5) is 33.2. The molecule has 6 nitrogen and oxygen atoms in total. The van der Waals surface area contributed by atoms with Gasteiger partial charge in [-0.05, 0) is 64.5 Å². The monoisotopic (exact) mass is 433 g/mol. The summed E-state index contributed by atoms with van der Waals surface area (Å²) in [6.45, 7) is 6.30. The minimum Gasteiger partial charge on any atom is -0.492 e. The van der Waals surface area contributed by atoms with E-state index in [4.69, 9.17) is 4.74 Å². The van der Waals surface area contributed by atoms with Crippen LogP contribution in [0.3, 0.4) is 0 Å². The van der Waals surface area contributed by atoms with E-state index in [1.807, 2.05) is 62.2 Å². The van der Waals surface area contributed by atoms with Gasteiger partial charge in [0.1, 0.15) is 11.4 Å². The maximum Gasteiger partial charge on any atom is 0.282 e. The second-order valence-corrected chi connectivity index (χ2v) is 8.58. The van der Waals surface area contributed by atoms with Crippen LogP contribution in [-0.4, -0.2) is 61.4 Å². The summed E-state index contributed by atoms with van der Waals surface area (Å²) < 4.78 is 5.74. The number of hydrogen-bond donors (Lipinski definition) is 0. The Morgan fingerprint density at radius 2 is 1.66 bits per heavy atom. The number of piperidine rings is 1. The molecule has 2 heterocycles. The molecule has 2 aromatic carbocycles. The Kier molecular flexibility index (Phi) is 6.33. The molecule has 0 bridgehead atoms. The van der Waals surface area contributed by atoms with Crippen molar-refractivity contribution < 1.29 is 14.3 Å². The Hall–Kier alpha value is -3.12. The van der Waals surface area contributed by atoms with Gasteiger partial charge in [0.15, 0.2) is 0 Å². The van der Waals surface area contributed by atoms with Crippen molar-refractivity contribution in [2.75, 3.05) is 38.7 Å². The number of likely N-dealkylation sites (tertiary alicyclic amines) is 1. The molecule has 0 atom stereocenters. The van der Waals surface area contributed by atoms with Gasteiger partial charge in [0.05, 0.1) is 17.9 Å². The predicted molar refractivity (Wildman–Crippen MR) is 126 cm³/mol. The van der Waals surface area contributed by atoms with E-state index in [0.29, 0.717) is 29.3 Å². The lowest BCUT2D eigenvalue weighted by Crippen LogP contribution is -2.43. The minimum atomic E-state index is -0.305. The van der Waals surface area contributed by atoms with Gasteiger partial charge < -0.3 is 14.5 Å². The van der Waals surface area contributed by atoms with Crippen LogP contribution in [-0.2, 0) is 9.59 Å². The molecule has 0 aromatic heterocycles. The van der Waals surface area contributed by atoms with Gasteiger partial charge in [-0.3, -0.25) is 9.59 Å². The maximum atomic E-state index is 13.8. The van der Waals surface area contributed by atoms with Crippen LogP contribution in [0.1, 0.15) is 30.9 Å². The van der Waals surface area contributed by atoms with Crippen molar-refractivity contribution in [1.29, 1.82) is 0 Å². The second kappa shape index (κ2) is 9.17. The fraction of sp³-hybridized carbons (Fsp3) is 0.385. The molecule has 0 aliphatic carbocycles. The molecule has 4 rings (SSSR count). The number of benzene rings is 2. The highest BCUT2D eigenvalue weighted by Crippen LogP contribution is 2.39. The van der Waals surface area contributed by atoms with Gasteiger partial charge in [0.2, 0.25) is 0 Å². The number of carbonyl (C=O) groups is 2. The number of nitrogens with zero attached hydrogens (tertiary/aromatic N) is 3. The highest BCUT2D eigenvalue weighted by Gasteiger charge is 2.44. The Balaban J connectivity index is 1.79. The summed E-state index contributed by atoms with van der Waals surface area (Å²) in [5.74, 6) is -0.0666. The quantitative estimate of drug-likeness (QED) is 0.650. The van der Waals surface area contributed by atoms with E-state index in [1.165, 1.54) is 4.90 Å². The average molecular weight is 434 g/mol. The molecule has 2 aromatic rings. The van der Waals surface area contributed by atoms with Gasteiger partial charge in [0.25, 0.3) is 11.8 Å². The van der Waals surface area contributed by atoms with Crippen LogP contribution >= 0.6 is 0 Å². The average Bonchev–Trinajstić information content (AvgIpc) is 3.05. The first-order valence-electron chi connectivity index (χ1n) is 11.3. The summed E-state index contributed by atoms with van der Waals surface area (Å²) in [6, 6.07) is 15.2. The van der Waals surface area contributed by atoms with Crippen LogP contribution in [0.2, 0.25) is 0 Å². The lowest BCUT2D eigenvalue weighted by atomic mass is 9.99. The number of likely N-dealkylation sites (N-methyl/N-ethyl adjacent to an activating group) is 1. The van der Waals surface area contributed by atoms with Crippen molar-refractivity contribution in [3.8, 4) is 5.75 Å². The number of anilines is 1. The molecule has 0 saturated carbocycles. The third kappa shape index (κ3) is 4.02. The highest BCUT2D eigenvalue weighted by molar-refractivity contribution is 6.45. The summed E-state index contributed by atoms with van der Waals surface area (Å²) in [7, 11) is 4.06. The Morgan fingerprint density at radius 1 is 1.00 bits per heavy atom. The zero-order valence-corrected chi connectivity index (χ0v) is 19.3. The predicted octanol–water partition coefficient (Wildman–Crippen LogP) is 3.70. The van der Waals surface area contributed by atoms with Crippen molar-refractivity contribution in [2.45, 2.75) is 32.7 Å². The van der Waals surface area contributed by atoms with Gasteiger partial charge >= 0.3 is 0 Å². The first-order chi connectivity index (χ1) is 15.4. The molecule has 168 valence electrons. The van der Waals surface area contributed by atoms with Crippen LogP contribution in [0.25, 0.3) is 5.57 Å². The molecule has 2 aliphatic rings. The fourth-order valence-electron chi connectivity index (χ4n) is 4.53. The van der Waals surface area contributed by atoms with Crippen LogP contribution in [0, 0.1) is 6.92 Å². The molecule has 0 unspecified atom stereocenters. The van der Waals surface area contributed by atoms with Crippen LogP contribution in [0.15, 0.2) is 54.2 Å². The summed E-state index contributed by atoms with van der Waals surface area (Å²) in [6.07, 6.45) is 1.91. The Labute approximate surface area is 190 Å². The number of aryl methyl sites for hydroxylation is 1. The number of hydrogen-bond acceptors (Lipinski definition) is 5. The first kappa shape index (κ1) is 22.1. The number of ether oxygens (including phenoxy) is 1. The van der Waals surface area contributed by atoms with Crippen molar-refractivity contribution in [3.05, 3.63) is 65.4 Å². The topological polar surface area (TPSA) is 53.1 Å². The summed E-state index contributed by atoms with van der Waals surface area (Å²) in [5.41, 5.74) is 3.29. The van der Waals surface area contributed by atoms with Gasteiger partial charge in [-0.1, -0.05) is 42.0 Å². The molecule has 2 amide bonds. The summed E-state index contributed by atoms with van der Waals surface area (Å²) in [5, 5.41) is 0. The maximum absolute atomic E-state index is 13.8. The molecule has 0 radical (unpaired) electrons. The van der Waals surface area contributed by atoms with Crippen LogP contribution in [0.5, 0.6) is 5.75 Å². The molecule has 1 saturated heterocycles. The number of para-hydroxylation sites is 2. The Morgan fingerprint density at radius 3 is 2.31 bits per heavy atom. The van der Waals surface area contributed by atoms with E-state index in [9.17, 15) is 9.59 Å². The number of imide groups is 1. The standard InChI is InChI=1S/C26H31N3O3/c1-5-32-22-9-7-6-8-21(22)29-25(30)23(19-12-10-18(2)11-13-19)24(26(29)31)28(4)20-14-16-27(3)17-15-20/h6-13,20H,5,14-17H2,1-4H3. The normalized spacial score (nSPS) is 17.9. The van der Waals surface area contributed by atoms with E-state index < -0.39 is 0 Å². The van der Waals surface area contributed by atoms with Gasteiger partial charge in [-0.2, -0.15) is 0 Å². The number of amides is 2. The number of carbonyl (C=O) groups excluding carboxylic acids is 2. The lowest BCUT2D eigenvalue weighted by Gasteiger charge is -2.36. The Bertz CT molecular complexity index is 1040. The van der Waals surface area contributed by atoms with Crippen molar-refractivity contribution >= 4 is 23.1 Å². The molecule has 6 heteroatoms. The van der Waals surface area contributed by atoms with Crippen LogP contribution < -0.4 is 9.64 Å². The smallest absolute Gasteiger partial charge is 0.282 e. The van der Waals surface area contributed by atoms with Crippen molar-refractivity contribution in [2.24, 2.45) is 0 Å². The zero-order chi connectivity index (χ0) is 22.8. The SMILES string of the molecule is CCOc1ccccc1N1C(=O)C(c2ccc(C)cc2)=C(N(C)C2CCN(C)CC2)C1=O. The molecular formula is C26H31N3O3. The molecule has 0 N–H and O–H groups in total. The molecule has 0 spiro atoms. The lowest BCUT2D eigenvalue weighted by molar-refractivity contribution is -0.120. The van der Waals surface area contributed by atoms with E-state index in [2.05, 4.69) is 11.9 Å². The van der Waals surface area contributed by atoms with E-state index in [-0.39, 0.29) is 17.9 Å². The van der Waals surface area contributed by atoms with Crippen LogP contribution in [0.4, 0.5) is 5.69 Å². The van der Waals surface area contributed by atoms with E-state index >= 15 is 0 Å². The van der Waals surface area contributed by atoms with E-state index in [1.54, 1.807) is 12.1 Å². The zero-order valence-electron chi connectivity index (χ0n) is 19.3. The van der Waals surface area contributed by atoms with Gasteiger partial charge in [-0.25, -0.2) is 4.90 Å². The summed E-state index contributed by atoms with van der Waals surface area (Å²) >= 11 is 0. The first-order valence-corrected chi connectivity index (χ1v) is 11.3. The van der Waals surface area contributed by atoms with Crippen molar-refractivity contribution in [1.82, 2.24) is 9.80 Å². The number of rotatable bonds is 6. The molecular weight excluding hydrogens is 402 g/mol. The van der Waals surface area contributed by atoms with E-state index in [0.717, 1.165) is 37.1 Å². The minimum absolute atomic E-state index is 0.209.